The van der Waals surface area contributed by atoms with Crippen molar-refractivity contribution < 1.29 is 8.94 Å². The van der Waals surface area contributed by atoms with E-state index < -0.39 is 0 Å². The topological polar surface area (TPSA) is 65.2 Å². The minimum absolute atomic E-state index is 0.357. The summed E-state index contributed by atoms with van der Waals surface area (Å²) in [6.07, 6.45) is 0. The zero-order chi connectivity index (χ0) is 14.3. The fourth-order valence-corrected chi connectivity index (χ4v) is 2.39. The van der Waals surface area contributed by atoms with Crippen LogP contribution in [0.4, 0.5) is 5.82 Å². The molecular formula is C15H13BrN2O2. The zero-order valence-electron chi connectivity index (χ0n) is 11.1. The molecule has 102 valence electrons. The monoisotopic (exact) mass is 332 g/mol. The maximum atomic E-state index is 5.95. The Morgan fingerprint density at radius 3 is 2.55 bits per heavy atom. The van der Waals surface area contributed by atoms with E-state index >= 15 is 0 Å². The van der Waals surface area contributed by atoms with Gasteiger partial charge in [-0.2, -0.15) is 0 Å². The SMILES string of the molecule is Cc1ccc(-c2c(N)noc2-c2ccc(Br)o2)cc1C. The van der Waals surface area contributed by atoms with E-state index in [0.29, 0.717) is 22.0 Å². The first-order valence-electron chi connectivity index (χ1n) is 6.14. The lowest BCUT2D eigenvalue weighted by atomic mass is 10.00. The minimum atomic E-state index is 0.357. The predicted octanol–water partition coefficient (Wildman–Crippen LogP) is 4.56. The van der Waals surface area contributed by atoms with Crippen LogP contribution < -0.4 is 5.73 Å². The van der Waals surface area contributed by atoms with Crippen LogP contribution in [0.2, 0.25) is 0 Å². The number of nitrogens with zero attached hydrogens (tertiary/aromatic N) is 1. The normalized spacial score (nSPS) is 10.9. The summed E-state index contributed by atoms with van der Waals surface area (Å²) in [4.78, 5) is 0. The van der Waals surface area contributed by atoms with E-state index in [9.17, 15) is 0 Å². The van der Waals surface area contributed by atoms with Crippen molar-refractivity contribution in [2.45, 2.75) is 13.8 Å². The lowest BCUT2D eigenvalue weighted by Gasteiger charge is -2.05. The number of halogens is 1. The average molecular weight is 333 g/mol. The Hall–Kier alpha value is -2.01. The highest BCUT2D eigenvalue weighted by Gasteiger charge is 2.20. The van der Waals surface area contributed by atoms with Crippen LogP contribution in [0.1, 0.15) is 11.1 Å². The second kappa shape index (κ2) is 4.83. The van der Waals surface area contributed by atoms with Crippen molar-refractivity contribution in [3.63, 3.8) is 0 Å². The molecule has 5 heteroatoms. The standard InChI is InChI=1S/C15H13BrN2O2/c1-8-3-4-10(7-9(8)2)13-14(20-18-15(13)17)11-5-6-12(16)19-11/h3-7H,1-2H3,(H2,17,18). The van der Waals surface area contributed by atoms with Gasteiger partial charge in [-0.1, -0.05) is 23.4 Å². The summed E-state index contributed by atoms with van der Waals surface area (Å²) in [6.45, 7) is 4.13. The lowest BCUT2D eigenvalue weighted by molar-refractivity contribution is 0.419. The van der Waals surface area contributed by atoms with Gasteiger partial charge in [0.15, 0.2) is 16.2 Å². The van der Waals surface area contributed by atoms with Gasteiger partial charge in [0.1, 0.15) is 0 Å². The van der Waals surface area contributed by atoms with Gasteiger partial charge >= 0.3 is 0 Å². The number of nitrogens with two attached hydrogens (primary N) is 1. The molecule has 0 fully saturated rings. The largest absolute Gasteiger partial charge is 0.446 e. The fourth-order valence-electron chi connectivity index (χ4n) is 2.08. The molecule has 2 N–H and O–H groups in total. The third-order valence-corrected chi connectivity index (χ3v) is 3.74. The van der Waals surface area contributed by atoms with Gasteiger partial charge in [0.05, 0.1) is 5.56 Å². The zero-order valence-corrected chi connectivity index (χ0v) is 12.7. The van der Waals surface area contributed by atoms with Crippen LogP contribution in [0.5, 0.6) is 0 Å². The van der Waals surface area contributed by atoms with Crippen LogP contribution >= 0.6 is 15.9 Å². The summed E-state index contributed by atoms with van der Waals surface area (Å²) in [7, 11) is 0. The average Bonchev–Trinajstić information content (AvgIpc) is 2.99. The van der Waals surface area contributed by atoms with Crippen molar-refractivity contribution >= 4 is 21.7 Å². The second-order valence-corrected chi connectivity index (χ2v) is 5.46. The second-order valence-electron chi connectivity index (χ2n) is 4.67. The Morgan fingerprint density at radius 1 is 1.10 bits per heavy atom. The summed E-state index contributed by atoms with van der Waals surface area (Å²) in [6, 6.07) is 9.75. The molecule has 3 rings (SSSR count). The van der Waals surface area contributed by atoms with E-state index in [2.05, 4.69) is 47.1 Å². The summed E-state index contributed by atoms with van der Waals surface area (Å²) in [5.41, 5.74) is 10.1. The van der Waals surface area contributed by atoms with E-state index in [1.807, 2.05) is 12.1 Å². The molecule has 20 heavy (non-hydrogen) atoms. The third-order valence-electron chi connectivity index (χ3n) is 3.31. The van der Waals surface area contributed by atoms with Crippen molar-refractivity contribution in [1.82, 2.24) is 5.16 Å². The van der Waals surface area contributed by atoms with Crippen LogP contribution in [0.15, 0.2) is 43.9 Å². The van der Waals surface area contributed by atoms with Crippen LogP contribution in [0, 0.1) is 13.8 Å². The molecule has 0 atom stereocenters. The Kier molecular flexibility index (Phi) is 3.14. The molecule has 0 aliphatic rings. The van der Waals surface area contributed by atoms with Crippen molar-refractivity contribution in [2.24, 2.45) is 0 Å². The molecule has 0 saturated heterocycles. The molecule has 0 spiro atoms. The Labute approximate surface area is 124 Å². The number of hydrogen-bond donors (Lipinski definition) is 1. The maximum Gasteiger partial charge on any atom is 0.212 e. The van der Waals surface area contributed by atoms with Gasteiger partial charge in [0.25, 0.3) is 0 Å². The molecule has 2 aromatic heterocycles. The van der Waals surface area contributed by atoms with Crippen molar-refractivity contribution in [3.8, 4) is 22.6 Å². The summed E-state index contributed by atoms with van der Waals surface area (Å²) >= 11 is 3.28. The molecule has 0 radical (unpaired) electrons. The van der Waals surface area contributed by atoms with Crippen LogP contribution in [-0.2, 0) is 0 Å². The number of furan rings is 1. The number of aryl methyl sites for hydroxylation is 2. The quantitative estimate of drug-likeness (QED) is 0.746. The first-order valence-corrected chi connectivity index (χ1v) is 6.94. The maximum absolute atomic E-state index is 5.95. The lowest BCUT2D eigenvalue weighted by Crippen LogP contribution is -1.90. The van der Waals surface area contributed by atoms with Crippen molar-refractivity contribution in [3.05, 3.63) is 46.1 Å². The van der Waals surface area contributed by atoms with Crippen LogP contribution in [0.25, 0.3) is 22.6 Å². The Bertz CT molecular complexity index is 774. The first-order chi connectivity index (χ1) is 9.56. The molecule has 1 aromatic carbocycles. The van der Waals surface area contributed by atoms with E-state index in [1.54, 1.807) is 6.07 Å². The highest BCUT2D eigenvalue weighted by molar-refractivity contribution is 9.10. The minimum Gasteiger partial charge on any atom is -0.446 e. The van der Waals surface area contributed by atoms with Crippen molar-refractivity contribution in [1.29, 1.82) is 0 Å². The molecule has 3 aromatic rings. The predicted molar refractivity (Wildman–Crippen MR) is 81.2 cm³/mol. The number of hydrogen-bond acceptors (Lipinski definition) is 4. The van der Waals surface area contributed by atoms with Gasteiger partial charge < -0.3 is 14.7 Å². The third kappa shape index (κ3) is 2.14. The van der Waals surface area contributed by atoms with E-state index in [0.717, 1.165) is 11.1 Å². The van der Waals surface area contributed by atoms with Gasteiger partial charge in [-0.15, -0.1) is 0 Å². The number of anilines is 1. The molecule has 4 nitrogen and oxygen atoms in total. The Morgan fingerprint density at radius 2 is 1.90 bits per heavy atom. The molecular weight excluding hydrogens is 320 g/mol. The van der Waals surface area contributed by atoms with Crippen molar-refractivity contribution in [2.75, 3.05) is 5.73 Å². The number of rotatable bonds is 2. The van der Waals surface area contributed by atoms with Gasteiger partial charge in [0.2, 0.25) is 5.76 Å². The molecule has 0 aliphatic heterocycles. The van der Waals surface area contributed by atoms with Gasteiger partial charge in [0, 0.05) is 0 Å². The van der Waals surface area contributed by atoms with Crippen LogP contribution in [0.3, 0.4) is 0 Å². The van der Waals surface area contributed by atoms with E-state index in [4.69, 9.17) is 14.7 Å². The highest BCUT2D eigenvalue weighted by atomic mass is 79.9. The highest BCUT2D eigenvalue weighted by Crippen LogP contribution is 2.38. The molecule has 0 unspecified atom stereocenters. The van der Waals surface area contributed by atoms with E-state index in [1.165, 1.54) is 11.1 Å². The molecule has 0 amide bonds. The molecule has 0 aliphatic carbocycles. The molecule has 0 saturated carbocycles. The van der Waals surface area contributed by atoms with Gasteiger partial charge in [-0.25, -0.2) is 0 Å². The van der Waals surface area contributed by atoms with Gasteiger partial charge in [-0.3, -0.25) is 0 Å². The fraction of sp³-hybridized carbons (Fsp3) is 0.133. The first kappa shape index (κ1) is 13.0. The van der Waals surface area contributed by atoms with Crippen LogP contribution in [-0.4, -0.2) is 5.16 Å². The van der Waals surface area contributed by atoms with Gasteiger partial charge in [-0.05, 0) is 58.6 Å². The summed E-state index contributed by atoms with van der Waals surface area (Å²) in [5, 5.41) is 3.86. The number of benzene rings is 1. The smallest absolute Gasteiger partial charge is 0.212 e. The number of nitrogen functional groups attached to an aromatic ring is 1. The summed E-state index contributed by atoms with van der Waals surface area (Å²) < 4.78 is 11.5. The molecule has 2 heterocycles. The van der Waals surface area contributed by atoms with E-state index in [-0.39, 0.29) is 0 Å². The molecule has 0 bridgehead atoms. The Balaban J connectivity index is 2.18. The number of aromatic nitrogens is 1. The summed E-state index contributed by atoms with van der Waals surface area (Å²) in [5.74, 6) is 1.49.